The summed E-state index contributed by atoms with van der Waals surface area (Å²) in [6.45, 7) is 11.9. The number of hydrogen-bond donors (Lipinski definition) is 1. The quantitative estimate of drug-likeness (QED) is 0.816. The van der Waals surface area contributed by atoms with E-state index in [0.29, 0.717) is 12.0 Å². The Morgan fingerprint density at radius 2 is 1.89 bits per heavy atom. The first-order chi connectivity index (χ1) is 9.02. The molecule has 0 aliphatic heterocycles. The normalized spacial score (nSPS) is 12.6. The summed E-state index contributed by atoms with van der Waals surface area (Å²) >= 11 is 0. The van der Waals surface area contributed by atoms with Crippen LogP contribution in [0.1, 0.15) is 58.9 Å². The van der Waals surface area contributed by atoms with Crippen LogP contribution < -0.4 is 10.2 Å². The molecule has 0 saturated heterocycles. The number of nitrogens with one attached hydrogen (secondary N) is 1. The molecule has 19 heavy (non-hydrogen) atoms. The van der Waals surface area contributed by atoms with E-state index in [0.717, 1.165) is 31.0 Å². The molecule has 0 amide bonds. The monoisotopic (exact) mass is 264 g/mol. The van der Waals surface area contributed by atoms with Crippen LogP contribution in [0.5, 0.6) is 0 Å². The molecule has 108 valence electrons. The lowest BCUT2D eigenvalue weighted by Crippen LogP contribution is -2.30. The summed E-state index contributed by atoms with van der Waals surface area (Å²) in [7, 11) is 2.12. The molecule has 1 heterocycles. The van der Waals surface area contributed by atoms with Crippen LogP contribution in [0.3, 0.4) is 0 Å². The predicted octanol–water partition coefficient (Wildman–Crippen LogP) is 3.66. The van der Waals surface area contributed by atoms with Crippen molar-refractivity contribution in [2.24, 2.45) is 0 Å². The molecule has 0 saturated carbocycles. The molecular weight excluding hydrogens is 236 g/mol. The molecule has 1 rings (SSSR count). The van der Waals surface area contributed by atoms with Crippen LogP contribution in [0.2, 0.25) is 0 Å². The molecule has 0 aliphatic rings. The molecule has 0 aromatic carbocycles. The van der Waals surface area contributed by atoms with E-state index in [-0.39, 0.29) is 0 Å². The van der Waals surface area contributed by atoms with Crippen LogP contribution in [-0.2, 0) is 0 Å². The van der Waals surface area contributed by atoms with Crippen molar-refractivity contribution in [3.63, 3.8) is 0 Å². The Morgan fingerprint density at radius 3 is 2.42 bits per heavy atom. The number of nitrogens with zero attached hydrogens (tertiary/aromatic N) is 3. The summed E-state index contributed by atoms with van der Waals surface area (Å²) in [5, 5.41) is 3.42. The molecule has 1 unspecified atom stereocenters. The van der Waals surface area contributed by atoms with Crippen LogP contribution in [0, 0.1) is 0 Å². The maximum absolute atomic E-state index is 4.51. The molecule has 0 radical (unpaired) electrons. The third-order valence-corrected chi connectivity index (χ3v) is 3.57. The van der Waals surface area contributed by atoms with E-state index < -0.39 is 0 Å². The molecule has 1 N–H and O–H groups in total. The lowest BCUT2D eigenvalue weighted by atomic mass is 10.0. The highest BCUT2D eigenvalue weighted by Gasteiger charge is 2.19. The van der Waals surface area contributed by atoms with Crippen molar-refractivity contribution in [2.45, 2.75) is 59.4 Å². The zero-order valence-electron chi connectivity index (χ0n) is 13.2. The summed E-state index contributed by atoms with van der Waals surface area (Å²) in [6, 6.07) is 0.478. The largest absolute Gasteiger partial charge is 0.370 e. The van der Waals surface area contributed by atoms with E-state index in [9.17, 15) is 0 Å². The number of anilines is 2. The average molecular weight is 264 g/mol. The Bertz CT molecular complexity index is 390. The summed E-state index contributed by atoms with van der Waals surface area (Å²) < 4.78 is 0. The SMILES string of the molecule is CCCNc1ncnc(N(C)C(C)CC)c1C(C)C. The smallest absolute Gasteiger partial charge is 0.137 e. The van der Waals surface area contributed by atoms with Crippen LogP contribution in [-0.4, -0.2) is 29.6 Å². The molecular formula is C15H28N4. The van der Waals surface area contributed by atoms with Crippen LogP contribution in [0.25, 0.3) is 0 Å². The van der Waals surface area contributed by atoms with Gasteiger partial charge in [0.05, 0.1) is 0 Å². The van der Waals surface area contributed by atoms with Crippen molar-refractivity contribution in [1.29, 1.82) is 0 Å². The van der Waals surface area contributed by atoms with Gasteiger partial charge in [0.2, 0.25) is 0 Å². The molecule has 4 heteroatoms. The van der Waals surface area contributed by atoms with Gasteiger partial charge >= 0.3 is 0 Å². The van der Waals surface area contributed by atoms with Gasteiger partial charge in [-0.2, -0.15) is 0 Å². The van der Waals surface area contributed by atoms with Gasteiger partial charge in [-0.3, -0.25) is 0 Å². The van der Waals surface area contributed by atoms with Crippen LogP contribution >= 0.6 is 0 Å². The highest BCUT2D eigenvalue weighted by molar-refractivity contribution is 5.60. The van der Waals surface area contributed by atoms with Gasteiger partial charge in [0, 0.05) is 25.2 Å². The molecule has 0 spiro atoms. The summed E-state index contributed by atoms with van der Waals surface area (Å²) in [5.74, 6) is 2.44. The maximum atomic E-state index is 4.51. The minimum atomic E-state index is 0.405. The Balaban J connectivity index is 3.16. The second-order valence-electron chi connectivity index (χ2n) is 5.41. The average Bonchev–Trinajstić information content (AvgIpc) is 2.42. The fourth-order valence-corrected chi connectivity index (χ4v) is 2.07. The van der Waals surface area contributed by atoms with E-state index in [1.807, 2.05) is 0 Å². The topological polar surface area (TPSA) is 41.1 Å². The third kappa shape index (κ3) is 3.82. The minimum absolute atomic E-state index is 0.405. The zero-order chi connectivity index (χ0) is 14.4. The number of rotatable bonds is 7. The zero-order valence-corrected chi connectivity index (χ0v) is 13.2. The molecule has 1 atom stereocenters. The summed E-state index contributed by atoms with van der Waals surface area (Å²) in [6.07, 6.45) is 3.87. The van der Waals surface area contributed by atoms with Crippen LogP contribution in [0.15, 0.2) is 6.33 Å². The van der Waals surface area contributed by atoms with Crippen LogP contribution in [0.4, 0.5) is 11.6 Å². The van der Waals surface area contributed by atoms with E-state index >= 15 is 0 Å². The first kappa shape index (κ1) is 15.7. The van der Waals surface area contributed by atoms with E-state index in [2.05, 4.69) is 61.9 Å². The van der Waals surface area contributed by atoms with Gasteiger partial charge in [-0.25, -0.2) is 9.97 Å². The molecule has 0 bridgehead atoms. The van der Waals surface area contributed by atoms with E-state index in [1.165, 1.54) is 5.56 Å². The Labute approximate surface area is 117 Å². The van der Waals surface area contributed by atoms with Gasteiger partial charge in [0.1, 0.15) is 18.0 Å². The van der Waals surface area contributed by atoms with E-state index in [1.54, 1.807) is 6.33 Å². The number of aromatic nitrogens is 2. The fraction of sp³-hybridized carbons (Fsp3) is 0.733. The first-order valence-electron chi connectivity index (χ1n) is 7.34. The lowest BCUT2D eigenvalue weighted by Gasteiger charge is -2.29. The molecule has 1 aromatic rings. The molecule has 4 nitrogen and oxygen atoms in total. The van der Waals surface area contributed by atoms with E-state index in [4.69, 9.17) is 0 Å². The van der Waals surface area contributed by atoms with Gasteiger partial charge in [-0.15, -0.1) is 0 Å². The maximum Gasteiger partial charge on any atom is 0.137 e. The van der Waals surface area contributed by atoms with Crippen molar-refractivity contribution in [3.8, 4) is 0 Å². The van der Waals surface area contributed by atoms with Crippen molar-refractivity contribution in [1.82, 2.24) is 9.97 Å². The molecule has 0 fully saturated rings. The van der Waals surface area contributed by atoms with Gasteiger partial charge in [0.25, 0.3) is 0 Å². The molecule has 0 aliphatic carbocycles. The Kier molecular flexibility index (Phi) is 6.06. The highest BCUT2D eigenvalue weighted by Crippen LogP contribution is 2.31. The second kappa shape index (κ2) is 7.31. The Hall–Kier alpha value is -1.32. The summed E-state index contributed by atoms with van der Waals surface area (Å²) in [5.41, 5.74) is 1.22. The van der Waals surface area contributed by atoms with Crippen molar-refractivity contribution >= 4 is 11.6 Å². The molecule has 1 aromatic heterocycles. The van der Waals surface area contributed by atoms with Crippen molar-refractivity contribution in [3.05, 3.63) is 11.9 Å². The van der Waals surface area contributed by atoms with Gasteiger partial charge in [-0.05, 0) is 25.7 Å². The van der Waals surface area contributed by atoms with Crippen molar-refractivity contribution in [2.75, 3.05) is 23.8 Å². The third-order valence-electron chi connectivity index (χ3n) is 3.57. The first-order valence-corrected chi connectivity index (χ1v) is 7.34. The highest BCUT2D eigenvalue weighted by atomic mass is 15.2. The predicted molar refractivity (Wildman–Crippen MR) is 83.1 cm³/mol. The lowest BCUT2D eigenvalue weighted by molar-refractivity contribution is 0.649. The Morgan fingerprint density at radius 1 is 1.21 bits per heavy atom. The summed E-state index contributed by atoms with van der Waals surface area (Å²) in [4.78, 5) is 11.2. The number of hydrogen-bond acceptors (Lipinski definition) is 4. The standard InChI is InChI=1S/C15H28N4/c1-7-9-16-14-13(11(3)4)15(18-10-17-14)19(6)12(5)8-2/h10-12H,7-9H2,1-6H3,(H,16,17,18). The minimum Gasteiger partial charge on any atom is -0.370 e. The second-order valence-corrected chi connectivity index (χ2v) is 5.41. The van der Waals surface area contributed by atoms with Gasteiger partial charge in [-0.1, -0.05) is 27.7 Å². The van der Waals surface area contributed by atoms with Gasteiger partial charge in [0.15, 0.2) is 0 Å². The van der Waals surface area contributed by atoms with Gasteiger partial charge < -0.3 is 10.2 Å². The van der Waals surface area contributed by atoms with Crippen molar-refractivity contribution < 1.29 is 0 Å². The fourth-order valence-electron chi connectivity index (χ4n) is 2.07.